The molecule has 2 atom stereocenters. The van der Waals surface area contributed by atoms with Crippen molar-refractivity contribution in [2.45, 2.75) is 38.3 Å². The van der Waals surface area contributed by atoms with E-state index in [1.165, 1.54) is 5.69 Å². The summed E-state index contributed by atoms with van der Waals surface area (Å²) in [5.41, 5.74) is 1.21. The molecule has 1 aromatic rings. The Hall–Kier alpha value is -1.25. The van der Waals surface area contributed by atoms with Crippen molar-refractivity contribution in [3.05, 3.63) is 24.0 Å². The number of aromatic nitrogens is 1. The fourth-order valence-corrected chi connectivity index (χ4v) is 3.15. The summed E-state index contributed by atoms with van der Waals surface area (Å²) in [6.07, 6.45) is 6.07. The summed E-state index contributed by atoms with van der Waals surface area (Å²) in [5.74, 6) is 1.17. The first-order valence-corrected chi connectivity index (χ1v) is 8.29. The van der Waals surface area contributed by atoms with Crippen molar-refractivity contribution in [3.63, 3.8) is 0 Å². The molecule has 1 aliphatic rings. The van der Waals surface area contributed by atoms with Crippen LogP contribution in [-0.2, 0) is 18.4 Å². The van der Waals surface area contributed by atoms with Crippen LogP contribution in [0.2, 0.25) is 0 Å². The Morgan fingerprint density at radius 3 is 2.75 bits per heavy atom. The monoisotopic (exact) mass is 447 g/mol. The fraction of sp³-hybridized carbons (Fsp3) is 0.647. The Bertz CT molecular complexity index is 555. The molecule has 2 N–H and O–H groups in total. The predicted octanol–water partition coefficient (Wildman–Crippen LogP) is 1.96. The van der Waals surface area contributed by atoms with Gasteiger partial charge in [0.15, 0.2) is 5.96 Å². The van der Waals surface area contributed by atoms with Crippen molar-refractivity contribution in [3.8, 4) is 0 Å². The number of hydrogen-bond donors (Lipinski definition) is 2. The Morgan fingerprint density at radius 1 is 1.42 bits per heavy atom. The fourth-order valence-electron chi connectivity index (χ4n) is 3.15. The van der Waals surface area contributed by atoms with E-state index in [1.54, 1.807) is 11.9 Å². The average Bonchev–Trinajstić information content (AvgIpc) is 2.96. The van der Waals surface area contributed by atoms with E-state index in [0.717, 1.165) is 38.2 Å². The van der Waals surface area contributed by atoms with Crippen LogP contribution >= 0.6 is 24.0 Å². The number of amides is 1. The lowest BCUT2D eigenvalue weighted by Gasteiger charge is -2.31. The van der Waals surface area contributed by atoms with Gasteiger partial charge >= 0.3 is 0 Å². The van der Waals surface area contributed by atoms with E-state index in [-0.39, 0.29) is 35.8 Å². The van der Waals surface area contributed by atoms with E-state index in [2.05, 4.69) is 26.3 Å². The molecule has 24 heavy (non-hydrogen) atoms. The molecule has 1 aromatic heterocycles. The second kappa shape index (κ2) is 9.90. The second-order valence-corrected chi connectivity index (χ2v) is 6.47. The van der Waals surface area contributed by atoms with Crippen LogP contribution < -0.4 is 10.6 Å². The van der Waals surface area contributed by atoms with E-state index in [0.29, 0.717) is 6.04 Å². The Labute approximate surface area is 162 Å². The van der Waals surface area contributed by atoms with Crippen LogP contribution in [-0.4, -0.2) is 48.5 Å². The van der Waals surface area contributed by atoms with Gasteiger partial charge in [0.1, 0.15) is 0 Å². The number of halogens is 1. The summed E-state index contributed by atoms with van der Waals surface area (Å²) in [6.45, 7) is 0.732. The highest BCUT2D eigenvalue weighted by atomic mass is 127. The molecule has 1 saturated carbocycles. The number of hydrogen-bond acceptors (Lipinski definition) is 2. The van der Waals surface area contributed by atoms with E-state index in [4.69, 9.17) is 0 Å². The highest BCUT2D eigenvalue weighted by molar-refractivity contribution is 14.0. The van der Waals surface area contributed by atoms with Gasteiger partial charge in [0.25, 0.3) is 0 Å². The molecule has 0 radical (unpaired) electrons. The summed E-state index contributed by atoms with van der Waals surface area (Å²) in [7, 11) is 7.48. The first kappa shape index (κ1) is 20.8. The highest BCUT2D eigenvalue weighted by Crippen LogP contribution is 2.25. The van der Waals surface area contributed by atoms with Gasteiger partial charge in [0, 0.05) is 52.0 Å². The second-order valence-electron chi connectivity index (χ2n) is 6.47. The van der Waals surface area contributed by atoms with E-state index < -0.39 is 0 Å². The maximum absolute atomic E-state index is 12.2. The predicted molar refractivity (Wildman–Crippen MR) is 109 cm³/mol. The Kier molecular flexibility index (Phi) is 8.58. The van der Waals surface area contributed by atoms with Gasteiger partial charge in [0.2, 0.25) is 5.91 Å². The minimum absolute atomic E-state index is 0. The zero-order valence-corrected chi connectivity index (χ0v) is 17.4. The van der Waals surface area contributed by atoms with Crippen LogP contribution in [0.1, 0.15) is 31.4 Å². The first-order chi connectivity index (χ1) is 11.0. The van der Waals surface area contributed by atoms with Crippen molar-refractivity contribution in [1.29, 1.82) is 0 Å². The van der Waals surface area contributed by atoms with Gasteiger partial charge in [0.05, 0.1) is 6.54 Å². The van der Waals surface area contributed by atoms with Gasteiger partial charge in [-0.15, -0.1) is 24.0 Å². The van der Waals surface area contributed by atoms with Crippen molar-refractivity contribution in [1.82, 2.24) is 20.1 Å². The third-order valence-corrected chi connectivity index (χ3v) is 4.52. The molecular formula is C17H30IN5O. The summed E-state index contributed by atoms with van der Waals surface area (Å²) in [4.78, 5) is 18.2. The summed E-state index contributed by atoms with van der Waals surface area (Å²) < 4.78 is 2.09. The van der Waals surface area contributed by atoms with Crippen molar-refractivity contribution < 1.29 is 4.79 Å². The summed E-state index contributed by atoms with van der Waals surface area (Å²) >= 11 is 0. The molecule has 1 heterocycles. The van der Waals surface area contributed by atoms with Crippen molar-refractivity contribution in [2.75, 3.05) is 21.1 Å². The van der Waals surface area contributed by atoms with E-state index >= 15 is 0 Å². The quantitative estimate of drug-likeness (QED) is 0.422. The molecule has 7 heteroatoms. The largest absolute Gasteiger partial charge is 0.354 e. The lowest BCUT2D eigenvalue weighted by Crippen LogP contribution is -2.46. The van der Waals surface area contributed by atoms with E-state index in [1.807, 2.05) is 33.4 Å². The van der Waals surface area contributed by atoms with Gasteiger partial charge in [-0.3, -0.25) is 9.79 Å². The van der Waals surface area contributed by atoms with Crippen LogP contribution in [0, 0.1) is 5.92 Å². The van der Waals surface area contributed by atoms with E-state index in [9.17, 15) is 4.79 Å². The molecular weight excluding hydrogens is 417 g/mol. The lowest BCUT2D eigenvalue weighted by atomic mass is 9.85. The number of guanidine groups is 1. The molecule has 0 aliphatic heterocycles. The molecule has 1 aliphatic carbocycles. The standard InChI is InChI=1S/C17H29N5O.HI/c1-18-17(19-12-15-9-6-10-22(15)4)20-14-8-5-7-13(11-14)16(23)21(2)3;/h6,9-10,13-14H,5,7-8,11-12H2,1-4H3,(H2,18,19,20);1H. The third kappa shape index (κ3) is 5.68. The zero-order chi connectivity index (χ0) is 16.8. The molecule has 2 unspecified atom stereocenters. The lowest BCUT2D eigenvalue weighted by molar-refractivity contribution is -0.134. The number of carbonyl (C=O) groups excluding carboxylic acids is 1. The minimum Gasteiger partial charge on any atom is -0.354 e. The summed E-state index contributed by atoms with van der Waals surface area (Å²) in [6, 6.07) is 4.43. The SMILES string of the molecule is CN=C(NCc1cccn1C)NC1CCCC(C(=O)N(C)C)C1.I. The number of rotatable bonds is 4. The molecule has 0 saturated heterocycles. The van der Waals surface area contributed by atoms with Crippen LogP contribution in [0.15, 0.2) is 23.3 Å². The van der Waals surface area contributed by atoms with Crippen LogP contribution in [0.4, 0.5) is 0 Å². The van der Waals surface area contributed by atoms with Crippen LogP contribution in [0.5, 0.6) is 0 Å². The topological polar surface area (TPSA) is 61.7 Å². The van der Waals surface area contributed by atoms with Gasteiger partial charge in [-0.05, 0) is 31.4 Å². The Morgan fingerprint density at radius 2 is 2.17 bits per heavy atom. The number of aliphatic imine (C=N–C) groups is 1. The average molecular weight is 447 g/mol. The van der Waals surface area contributed by atoms with Crippen molar-refractivity contribution >= 4 is 35.8 Å². The van der Waals surface area contributed by atoms with Crippen LogP contribution in [0.25, 0.3) is 0 Å². The molecule has 0 spiro atoms. The van der Waals surface area contributed by atoms with Gasteiger partial charge in [-0.2, -0.15) is 0 Å². The highest BCUT2D eigenvalue weighted by Gasteiger charge is 2.28. The summed E-state index contributed by atoms with van der Waals surface area (Å²) in [5, 5.41) is 6.82. The van der Waals surface area contributed by atoms with Crippen molar-refractivity contribution in [2.24, 2.45) is 18.0 Å². The number of carbonyl (C=O) groups is 1. The van der Waals surface area contributed by atoms with Gasteiger partial charge in [-0.1, -0.05) is 6.42 Å². The smallest absolute Gasteiger partial charge is 0.225 e. The maximum atomic E-state index is 12.2. The number of nitrogens with one attached hydrogen (secondary N) is 2. The molecule has 1 fully saturated rings. The number of aryl methyl sites for hydroxylation is 1. The molecule has 2 rings (SSSR count). The molecule has 0 bridgehead atoms. The molecule has 6 nitrogen and oxygen atoms in total. The zero-order valence-electron chi connectivity index (χ0n) is 15.1. The van der Waals surface area contributed by atoms with Crippen LogP contribution in [0.3, 0.4) is 0 Å². The molecule has 136 valence electrons. The van der Waals surface area contributed by atoms with Gasteiger partial charge in [-0.25, -0.2) is 0 Å². The third-order valence-electron chi connectivity index (χ3n) is 4.52. The first-order valence-electron chi connectivity index (χ1n) is 8.29. The minimum atomic E-state index is 0. The molecule has 0 aromatic carbocycles. The molecule has 1 amide bonds. The Balaban J connectivity index is 0.00000288. The number of nitrogens with zero attached hydrogens (tertiary/aromatic N) is 3. The van der Waals surface area contributed by atoms with Gasteiger partial charge < -0.3 is 20.1 Å². The normalized spacial score (nSPS) is 20.9. The maximum Gasteiger partial charge on any atom is 0.225 e.